The van der Waals surface area contributed by atoms with Gasteiger partial charge in [-0.15, -0.1) is 0 Å². The van der Waals surface area contributed by atoms with Crippen LogP contribution in [0.15, 0.2) is 39.2 Å². The molecule has 0 fully saturated rings. The molecule has 1 heterocycles. The van der Waals surface area contributed by atoms with Crippen molar-refractivity contribution in [3.8, 4) is 0 Å². The van der Waals surface area contributed by atoms with Gasteiger partial charge in [0.25, 0.3) is 0 Å². The maximum Gasteiger partial charge on any atom is 0.125 e. The fourth-order valence-electron chi connectivity index (χ4n) is 1.68. The second-order valence-electron chi connectivity index (χ2n) is 3.90. The summed E-state index contributed by atoms with van der Waals surface area (Å²) in [6.45, 7) is 3.97. The summed E-state index contributed by atoms with van der Waals surface area (Å²) >= 11 is 3.56. The Hall–Kier alpha value is -1.06. The average Bonchev–Trinajstić information content (AvgIpc) is 2.68. The quantitative estimate of drug-likeness (QED) is 0.910. The van der Waals surface area contributed by atoms with Crippen molar-refractivity contribution >= 4 is 15.9 Å². The summed E-state index contributed by atoms with van der Waals surface area (Å²) in [5, 5.41) is 0. The Morgan fingerprint density at radius 2 is 1.94 bits per heavy atom. The zero-order chi connectivity index (χ0) is 11.7. The number of hydrogen-bond donors (Lipinski definition) is 1. The molecule has 0 radical (unpaired) electrons. The highest BCUT2D eigenvalue weighted by Crippen LogP contribution is 2.29. The van der Waals surface area contributed by atoms with Crippen molar-refractivity contribution in [1.29, 1.82) is 0 Å². The summed E-state index contributed by atoms with van der Waals surface area (Å²) in [4.78, 5) is 0. The van der Waals surface area contributed by atoms with E-state index in [1.54, 1.807) is 0 Å². The molecular weight excluding hydrogens is 266 g/mol. The van der Waals surface area contributed by atoms with E-state index in [-0.39, 0.29) is 6.04 Å². The fourth-order valence-corrected chi connectivity index (χ4v) is 2.20. The van der Waals surface area contributed by atoms with Gasteiger partial charge in [-0.25, -0.2) is 0 Å². The fraction of sp³-hybridized carbons (Fsp3) is 0.231. The Kier molecular flexibility index (Phi) is 3.17. The van der Waals surface area contributed by atoms with Gasteiger partial charge in [-0.2, -0.15) is 0 Å². The minimum absolute atomic E-state index is 0.219. The molecule has 0 aliphatic heterocycles. The topological polar surface area (TPSA) is 39.2 Å². The first-order valence-corrected chi connectivity index (χ1v) is 5.96. The van der Waals surface area contributed by atoms with Crippen LogP contribution in [0.25, 0.3) is 0 Å². The molecule has 3 heteroatoms. The minimum atomic E-state index is -0.219. The molecular formula is C13H14BrNO. The summed E-state index contributed by atoms with van der Waals surface area (Å²) in [6.07, 6.45) is 0. The summed E-state index contributed by atoms with van der Waals surface area (Å²) in [7, 11) is 0. The Labute approximate surface area is 104 Å². The first kappa shape index (κ1) is 11.4. The van der Waals surface area contributed by atoms with Crippen LogP contribution in [0.1, 0.15) is 28.7 Å². The van der Waals surface area contributed by atoms with Crippen molar-refractivity contribution in [1.82, 2.24) is 0 Å². The zero-order valence-corrected chi connectivity index (χ0v) is 10.9. The van der Waals surface area contributed by atoms with Gasteiger partial charge in [0.15, 0.2) is 0 Å². The maximum atomic E-state index is 6.18. The number of nitrogens with two attached hydrogens (primary N) is 1. The third kappa shape index (κ3) is 2.06. The Morgan fingerprint density at radius 1 is 1.19 bits per heavy atom. The highest BCUT2D eigenvalue weighted by Gasteiger charge is 2.15. The summed E-state index contributed by atoms with van der Waals surface area (Å²) < 4.78 is 6.60. The molecule has 0 amide bonds. The van der Waals surface area contributed by atoms with Gasteiger partial charge < -0.3 is 10.2 Å². The van der Waals surface area contributed by atoms with Gasteiger partial charge in [0.05, 0.1) is 6.04 Å². The molecule has 2 N–H and O–H groups in total. The van der Waals surface area contributed by atoms with E-state index in [0.717, 1.165) is 21.6 Å². The van der Waals surface area contributed by atoms with Crippen LogP contribution in [0.5, 0.6) is 0 Å². The third-order valence-electron chi connectivity index (χ3n) is 2.62. The van der Waals surface area contributed by atoms with E-state index in [0.29, 0.717) is 0 Å². The molecule has 1 aromatic carbocycles. The van der Waals surface area contributed by atoms with Crippen LogP contribution in [0, 0.1) is 13.8 Å². The molecule has 1 atom stereocenters. The van der Waals surface area contributed by atoms with E-state index in [2.05, 4.69) is 15.9 Å². The molecule has 84 valence electrons. The van der Waals surface area contributed by atoms with Gasteiger partial charge in [0.1, 0.15) is 11.5 Å². The summed E-state index contributed by atoms with van der Waals surface area (Å²) in [5.74, 6) is 1.68. The monoisotopic (exact) mass is 279 g/mol. The lowest BCUT2D eigenvalue weighted by atomic mass is 10.0. The van der Waals surface area contributed by atoms with E-state index in [1.807, 2.05) is 44.2 Å². The first-order chi connectivity index (χ1) is 7.59. The molecule has 1 aromatic heterocycles. The Bertz CT molecular complexity index is 504. The van der Waals surface area contributed by atoms with E-state index >= 15 is 0 Å². The second-order valence-corrected chi connectivity index (χ2v) is 4.70. The number of halogens is 1. The molecule has 2 aromatic rings. The molecule has 2 rings (SSSR count). The zero-order valence-electron chi connectivity index (χ0n) is 9.33. The van der Waals surface area contributed by atoms with Gasteiger partial charge in [-0.1, -0.05) is 34.1 Å². The second kappa shape index (κ2) is 4.44. The standard InChI is InChI=1S/C13H14BrNO/c1-8-4-3-5-10(12(8)14)13(15)11-7-6-9(2)16-11/h3-7,13H,15H2,1-2H3. The van der Waals surface area contributed by atoms with Gasteiger partial charge in [-0.3, -0.25) is 0 Å². The van der Waals surface area contributed by atoms with Gasteiger partial charge in [0, 0.05) is 4.47 Å². The smallest absolute Gasteiger partial charge is 0.125 e. The van der Waals surface area contributed by atoms with Crippen LogP contribution in [-0.4, -0.2) is 0 Å². The van der Waals surface area contributed by atoms with Gasteiger partial charge in [0.2, 0.25) is 0 Å². The number of benzene rings is 1. The summed E-state index contributed by atoms with van der Waals surface area (Å²) in [6, 6.07) is 9.70. The lowest BCUT2D eigenvalue weighted by Crippen LogP contribution is -2.11. The predicted molar refractivity (Wildman–Crippen MR) is 68.4 cm³/mol. The van der Waals surface area contributed by atoms with Crippen molar-refractivity contribution in [2.45, 2.75) is 19.9 Å². The Balaban J connectivity index is 2.41. The van der Waals surface area contributed by atoms with Crippen molar-refractivity contribution in [3.63, 3.8) is 0 Å². The molecule has 0 aliphatic rings. The molecule has 0 bridgehead atoms. The van der Waals surface area contributed by atoms with Crippen molar-refractivity contribution in [3.05, 3.63) is 57.5 Å². The SMILES string of the molecule is Cc1ccc(C(N)c2cccc(C)c2Br)o1. The highest BCUT2D eigenvalue weighted by molar-refractivity contribution is 9.10. The minimum Gasteiger partial charge on any atom is -0.464 e. The van der Waals surface area contributed by atoms with E-state index < -0.39 is 0 Å². The van der Waals surface area contributed by atoms with Crippen LogP contribution >= 0.6 is 15.9 Å². The average molecular weight is 280 g/mol. The molecule has 0 spiro atoms. The number of hydrogen-bond acceptors (Lipinski definition) is 2. The summed E-state index contributed by atoms with van der Waals surface area (Å²) in [5.41, 5.74) is 8.40. The van der Waals surface area contributed by atoms with Crippen molar-refractivity contribution < 1.29 is 4.42 Å². The lowest BCUT2D eigenvalue weighted by molar-refractivity contribution is 0.466. The number of rotatable bonds is 2. The molecule has 2 nitrogen and oxygen atoms in total. The van der Waals surface area contributed by atoms with Crippen LogP contribution in [0.3, 0.4) is 0 Å². The van der Waals surface area contributed by atoms with Crippen LogP contribution in [0.4, 0.5) is 0 Å². The Morgan fingerprint density at radius 3 is 2.56 bits per heavy atom. The van der Waals surface area contributed by atoms with Crippen LogP contribution in [-0.2, 0) is 0 Å². The number of aryl methyl sites for hydroxylation is 2. The number of furan rings is 1. The van der Waals surface area contributed by atoms with E-state index in [1.165, 1.54) is 5.56 Å². The van der Waals surface area contributed by atoms with E-state index in [9.17, 15) is 0 Å². The van der Waals surface area contributed by atoms with Gasteiger partial charge >= 0.3 is 0 Å². The molecule has 1 unspecified atom stereocenters. The van der Waals surface area contributed by atoms with Crippen molar-refractivity contribution in [2.75, 3.05) is 0 Å². The molecule has 0 aliphatic carbocycles. The largest absolute Gasteiger partial charge is 0.464 e. The van der Waals surface area contributed by atoms with Crippen LogP contribution in [0.2, 0.25) is 0 Å². The molecule has 16 heavy (non-hydrogen) atoms. The predicted octanol–water partition coefficient (Wildman–Crippen LogP) is 3.71. The first-order valence-electron chi connectivity index (χ1n) is 5.16. The molecule has 0 saturated carbocycles. The normalized spacial score (nSPS) is 12.8. The molecule has 0 saturated heterocycles. The lowest BCUT2D eigenvalue weighted by Gasteiger charge is -2.12. The van der Waals surface area contributed by atoms with E-state index in [4.69, 9.17) is 10.2 Å². The maximum absolute atomic E-state index is 6.18. The third-order valence-corrected chi connectivity index (χ3v) is 3.71. The van der Waals surface area contributed by atoms with Crippen molar-refractivity contribution in [2.24, 2.45) is 5.73 Å². The van der Waals surface area contributed by atoms with Gasteiger partial charge in [-0.05, 0) is 37.1 Å². The highest BCUT2D eigenvalue weighted by atomic mass is 79.9. The van der Waals surface area contributed by atoms with Crippen LogP contribution < -0.4 is 5.73 Å².